The fraction of sp³-hybridized carbons (Fsp3) is 0.357. The van der Waals surface area contributed by atoms with Crippen LogP contribution in [-0.2, 0) is 9.53 Å². The van der Waals surface area contributed by atoms with Crippen LogP contribution in [0.25, 0.3) is 11.1 Å². The summed E-state index contributed by atoms with van der Waals surface area (Å²) >= 11 is 0. The van der Waals surface area contributed by atoms with Crippen molar-refractivity contribution in [1.29, 1.82) is 0 Å². The van der Waals surface area contributed by atoms with Gasteiger partial charge in [0.25, 0.3) is 5.91 Å². The fourth-order valence-corrected chi connectivity index (χ4v) is 3.56. The Morgan fingerprint density at radius 2 is 1.57 bits per heavy atom. The van der Waals surface area contributed by atoms with Gasteiger partial charge in [-0.25, -0.2) is 14.8 Å². The third-order valence-electron chi connectivity index (χ3n) is 5.80. The second-order valence-corrected chi connectivity index (χ2v) is 8.34. The van der Waals surface area contributed by atoms with Crippen molar-refractivity contribution in [3.8, 4) is 16.9 Å². The number of hydrogen-bond acceptors (Lipinski definition) is 8. The number of aromatic nitrogens is 2. The second-order valence-electron chi connectivity index (χ2n) is 8.34. The minimum absolute atomic E-state index is 0.267. The molecule has 0 spiro atoms. The number of carbonyl (C=O) groups excluding carboxylic acids is 2. The smallest absolute Gasteiger partial charge is 0.328 e. The molecule has 0 radical (unpaired) electrons. The maximum Gasteiger partial charge on any atom is 0.328 e. The van der Waals surface area contributed by atoms with E-state index in [0.29, 0.717) is 18.1 Å². The van der Waals surface area contributed by atoms with E-state index >= 15 is 0 Å². The van der Waals surface area contributed by atoms with E-state index in [9.17, 15) is 9.59 Å². The Balaban J connectivity index is 1.53. The summed E-state index contributed by atoms with van der Waals surface area (Å²) in [6.07, 6.45) is 3.44. The highest BCUT2D eigenvalue weighted by Gasteiger charge is 2.17. The van der Waals surface area contributed by atoms with Crippen LogP contribution in [0.5, 0.6) is 5.75 Å². The normalized spacial score (nSPS) is 11.6. The molecule has 3 aromatic rings. The lowest BCUT2D eigenvalue weighted by Gasteiger charge is -2.18. The van der Waals surface area contributed by atoms with Gasteiger partial charge in [0.15, 0.2) is 0 Å². The van der Waals surface area contributed by atoms with E-state index in [1.165, 1.54) is 0 Å². The van der Waals surface area contributed by atoms with Crippen LogP contribution in [0, 0.1) is 0 Å². The number of benzene rings is 2. The summed E-state index contributed by atoms with van der Waals surface area (Å²) in [6, 6.07) is 14.0. The average Bonchev–Trinajstić information content (AvgIpc) is 2.92. The molecule has 3 rings (SSSR count). The zero-order valence-corrected chi connectivity index (χ0v) is 21.9. The Labute approximate surface area is 218 Å². The summed E-state index contributed by atoms with van der Waals surface area (Å²) in [5, 5.41) is 5.82. The molecule has 2 aromatic carbocycles. The molecule has 0 saturated carbocycles. The molecule has 1 aromatic heterocycles. The molecule has 0 aliphatic carbocycles. The first-order valence-corrected chi connectivity index (χ1v) is 12.6. The third-order valence-corrected chi connectivity index (χ3v) is 5.80. The number of rotatable bonds is 13. The number of amides is 1. The molecule has 1 heterocycles. The lowest BCUT2D eigenvalue weighted by Crippen LogP contribution is -2.39. The summed E-state index contributed by atoms with van der Waals surface area (Å²) in [4.78, 5) is 35.2. The van der Waals surface area contributed by atoms with Crippen molar-refractivity contribution in [3.05, 3.63) is 66.5 Å². The predicted octanol–water partition coefficient (Wildman–Crippen LogP) is 4.29. The molecular weight excluding hydrogens is 470 g/mol. The summed E-state index contributed by atoms with van der Waals surface area (Å²) in [7, 11) is 0. The highest BCUT2D eigenvalue weighted by molar-refractivity contribution is 5.97. The third kappa shape index (κ3) is 8.28. The number of esters is 1. The topological polar surface area (TPSA) is 106 Å². The van der Waals surface area contributed by atoms with Crippen LogP contribution < -0.4 is 15.4 Å². The molecule has 9 nitrogen and oxygen atoms in total. The van der Waals surface area contributed by atoms with Crippen molar-refractivity contribution in [2.45, 2.75) is 33.7 Å². The van der Waals surface area contributed by atoms with E-state index in [2.05, 4.69) is 39.3 Å². The molecule has 9 heteroatoms. The highest BCUT2D eigenvalue weighted by Crippen LogP contribution is 2.21. The Kier molecular flexibility index (Phi) is 10.4. The first-order valence-electron chi connectivity index (χ1n) is 12.6. The first kappa shape index (κ1) is 27.6. The SMILES string of the molecule is CCOC(=O)C(C)NC(=O)c1ccc(-c2cnc(Nc3ccc(OCCN(CC)CC)cc3)nc2)cc1. The maximum absolute atomic E-state index is 12.4. The molecule has 1 atom stereocenters. The van der Waals surface area contributed by atoms with E-state index in [-0.39, 0.29) is 12.5 Å². The van der Waals surface area contributed by atoms with Gasteiger partial charge >= 0.3 is 5.97 Å². The van der Waals surface area contributed by atoms with E-state index in [0.717, 1.165) is 42.2 Å². The monoisotopic (exact) mass is 505 g/mol. The zero-order valence-electron chi connectivity index (χ0n) is 21.9. The lowest BCUT2D eigenvalue weighted by molar-refractivity contribution is -0.144. The van der Waals surface area contributed by atoms with Crippen LogP contribution in [0.4, 0.5) is 11.6 Å². The van der Waals surface area contributed by atoms with Crippen molar-refractivity contribution in [1.82, 2.24) is 20.2 Å². The van der Waals surface area contributed by atoms with Gasteiger partial charge in [-0.2, -0.15) is 0 Å². The van der Waals surface area contributed by atoms with Crippen LogP contribution in [0.2, 0.25) is 0 Å². The number of ether oxygens (including phenoxy) is 2. The fourth-order valence-electron chi connectivity index (χ4n) is 3.56. The Bertz CT molecular complexity index is 1130. The lowest BCUT2D eigenvalue weighted by atomic mass is 10.1. The van der Waals surface area contributed by atoms with Crippen molar-refractivity contribution in [2.24, 2.45) is 0 Å². The van der Waals surface area contributed by atoms with Gasteiger partial charge in [0, 0.05) is 35.8 Å². The van der Waals surface area contributed by atoms with Gasteiger partial charge in [-0.1, -0.05) is 26.0 Å². The molecule has 0 aliphatic heterocycles. The summed E-state index contributed by atoms with van der Waals surface area (Å²) < 4.78 is 10.7. The molecule has 2 N–H and O–H groups in total. The number of likely N-dealkylation sites (N-methyl/N-ethyl adjacent to an activating group) is 1. The molecule has 0 aliphatic rings. The number of anilines is 2. The van der Waals surface area contributed by atoms with E-state index in [1.54, 1.807) is 38.4 Å². The van der Waals surface area contributed by atoms with E-state index < -0.39 is 12.0 Å². The number of hydrogen-bond donors (Lipinski definition) is 2. The molecule has 196 valence electrons. The maximum atomic E-state index is 12.4. The van der Waals surface area contributed by atoms with Gasteiger partial charge in [-0.15, -0.1) is 0 Å². The van der Waals surface area contributed by atoms with Crippen LogP contribution >= 0.6 is 0 Å². The molecular formula is C28H35N5O4. The Morgan fingerprint density at radius 1 is 0.919 bits per heavy atom. The molecule has 37 heavy (non-hydrogen) atoms. The minimum atomic E-state index is -0.721. The van der Waals surface area contributed by atoms with E-state index in [1.807, 2.05) is 36.4 Å². The van der Waals surface area contributed by atoms with Gasteiger partial charge in [-0.05, 0) is 68.9 Å². The molecule has 0 saturated heterocycles. The van der Waals surface area contributed by atoms with Crippen LogP contribution in [0.1, 0.15) is 38.1 Å². The highest BCUT2D eigenvalue weighted by atomic mass is 16.5. The van der Waals surface area contributed by atoms with Gasteiger partial charge in [0.2, 0.25) is 5.95 Å². The van der Waals surface area contributed by atoms with E-state index in [4.69, 9.17) is 9.47 Å². The van der Waals surface area contributed by atoms with Gasteiger partial charge < -0.3 is 25.0 Å². The molecule has 0 fully saturated rings. The first-order chi connectivity index (χ1) is 17.9. The largest absolute Gasteiger partial charge is 0.492 e. The van der Waals surface area contributed by atoms with Crippen LogP contribution in [0.3, 0.4) is 0 Å². The van der Waals surface area contributed by atoms with Crippen LogP contribution in [0.15, 0.2) is 60.9 Å². The number of carbonyl (C=O) groups is 2. The second kappa shape index (κ2) is 13.9. The van der Waals surface area contributed by atoms with Gasteiger partial charge in [-0.3, -0.25) is 4.79 Å². The summed E-state index contributed by atoms with van der Waals surface area (Å²) in [5.41, 5.74) is 2.98. The molecule has 0 bridgehead atoms. The average molecular weight is 506 g/mol. The molecule has 1 amide bonds. The number of nitrogens with one attached hydrogen (secondary N) is 2. The predicted molar refractivity (Wildman–Crippen MR) is 144 cm³/mol. The zero-order chi connectivity index (χ0) is 26.6. The van der Waals surface area contributed by atoms with Crippen LogP contribution in [-0.4, -0.2) is 65.6 Å². The summed E-state index contributed by atoms with van der Waals surface area (Å²) in [6.45, 7) is 11.5. The van der Waals surface area contributed by atoms with Crippen molar-refractivity contribution < 1.29 is 19.1 Å². The quantitative estimate of drug-likeness (QED) is 0.332. The van der Waals surface area contributed by atoms with Gasteiger partial charge in [0.1, 0.15) is 18.4 Å². The number of nitrogens with zero attached hydrogens (tertiary/aromatic N) is 3. The summed E-state index contributed by atoms with van der Waals surface area (Å²) in [5.74, 6) is 0.487. The molecule has 1 unspecified atom stereocenters. The van der Waals surface area contributed by atoms with Crippen molar-refractivity contribution in [3.63, 3.8) is 0 Å². The van der Waals surface area contributed by atoms with Crippen molar-refractivity contribution >= 4 is 23.5 Å². The van der Waals surface area contributed by atoms with Crippen molar-refractivity contribution in [2.75, 3.05) is 38.2 Å². The minimum Gasteiger partial charge on any atom is -0.492 e. The standard InChI is InChI=1S/C28H35N5O4/c1-5-33(6-2)16-17-37-25-14-12-24(13-15-25)32-28-29-18-23(19-30-28)21-8-10-22(11-9-21)26(34)31-20(4)27(35)36-7-3/h8-15,18-20H,5-7,16-17H2,1-4H3,(H,31,34)(H,29,30,32). The Hall–Kier alpha value is -3.98. The van der Waals surface area contributed by atoms with Gasteiger partial charge in [0.05, 0.1) is 6.61 Å². The Morgan fingerprint density at radius 3 is 2.16 bits per heavy atom.